The summed E-state index contributed by atoms with van der Waals surface area (Å²) in [7, 11) is 0. The molecule has 3 aromatic rings. The predicted octanol–water partition coefficient (Wildman–Crippen LogP) is 3.03. The smallest absolute Gasteiger partial charge is 0.270 e. The van der Waals surface area contributed by atoms with E-state index in [-0.39, 0.29) is 5.56 Å². The van der Waals surface area contributed by atoms with Crippen molar-refractivity contribution in [2.45, 2.75) is 24.9 Å². The fraction of sp³-hybridized carbons (Fsp3) is 0.235. The number of rotatable bonds is 5. The van der Waals surface area contributed by atoms with E-state index in [2.05, 4.69) is 20.2 Å². The molecule has 2 heterocycles. The van der Waals surface area contributed by atoms with Gasteiger partial charge in [0.25, 0.3) is 5.56 Å². The molecule has 0 radical (unpaired) electrons. The van der Waals surface area contributed by atoms with Gasteiger partial charge in [-0.3, -0.25) is 4.79 Å². The Hall–Kier alpha value is -2.92. The van der Waals surface area contributed by atoms with Crippen molar-refractivity contribution in [2.24, 2.45) is 0 Å². The molecule has 0 fully saturated rings. The maximum atomic E-state index is 12.0. The zero-order chi connectivity index (χ0) is 17.8. The Kier molecular flexibility index (Phi) is 4.95. The lowest BCUT2D eigenvalue weighted by molar-refractivity contribution is 0.502. The molecule has 0 saturated carbocycles. The highest BCUT2D eigenvalue weighted by Crippen LogP contribution is 2.25. The third kappa shape index (κ3) is 3.46. The van der Waals surface area contributed by atoms with Crippen LogP contribution in [0.5, 0.6) is 0 Å². The molecule has 7 nitrogen and oxygen atoms in total. The van der Waals surface area contributed by atoms with Crippen LogP contribution in [0.15, 0.2) is 38.6 Å². The molecular formula is C17H15N5O2S. The molecule has 0 bridgehead atoms. The number of nitriles is 1. The van der Waals surface area contributed by atoms with Gasteiger partial charge in [-0.25, -0.2) is 4.98 Å². The lowest BCUT2D eigenvalue weighted by atomic mass is 10.1. The van der Waals surface area contributed by atoms with Gasteiger partial charge >= 0.3 is 0 Å². The summed E-state index contributed by atoms with van der Waals surface area (Å²) in [5.41, 5.74) is 1.36. The molecule has 0 spiro atoms. The van der Waals surface area contributed by atoms with Crippen molar-refractivity contribution in [3.05, 3.63) is 46.1 Å². The van der Waals surface area contributed by atoms with Gasteiger partial charge in [0.15, 0.2) is 5.16 Å². The van der Waals surface area contributed by atoms with E-state index in [0.717, 1.165) is 18.4 Å². The summed E-state index contributed by atoms with van der Waals surface area (Å²) in [6.07, 6.45) is 3.48. The second kappa shape index (κ2) is 7.32. The number of hydrogen-bond donors (Lipinski definition) is 1. The Morgan fingerprint density at radius 2 is 1.96 bits per heavy atom. The second-order valence-electron chi connectivity index (χ2n) is 5.24. The van der Waals surface area contributed by atoms with Crippen LogP contribution in [0.25, 0.3) is 22.7 Å². The highest BCUT2D eigenvalue weighted by Gasteiger charge is 2.14. The van der Waals surface area contributed by atoms with Crippen LogP contribution in [0.3, 0.4) is 0 Å². The Bertz CT molecular complexity index is 986. The van der Waals surface area contributed by atoms with Gasteiger partial charge in [0.1, 0.15) is 11.6 Å². The number of nitrogens with zero attached hydrogens (tertiary/aromatic N) is 4. The van der Waals surface area contributed by atoms with Gasteiger partial charge in [0.05, 0.1) is 5.69 Å². The summed E-state index contributed by atoms with van der Waals surface area (Å²) in [5, 5.41) is 17.8. The number of benzene rings is 1. The van der Waals surface area contributed by atoms with Crippen LogP contribution in [0.1, 0.15) is 24.8 Å². The largest absolute Gasteiger partial charge is 0.421 e. The monoisotopic (exact) mass is 353 g/mol. The van der Waals surface area contributed by atoms with Gasteiger partial charge < -0.3 is 9.40 Å². The van der Waals surface area contributed by atoms with Crippen molar-refractivity contribution >= 4 is 11.8 Å². The van der Waals surface area contributed by atoms with E-state index in [1.54, 1.807) is 30.5 Å². The molecule has 0 amide bonds. The molecule has 25 heavy (non-hydrogen) atoms. The van der Waals surface area contributed by atoms with Crippen molar-refractivity contribution in [3.8, 4) is 28.8 Å². The summed E-state index contributed by atoms with van der Waals surface area (Å²) in [6, 6.07) is 9.10. The van der Waals surface area contributed by atoms with Crippen LogP contribution in [0, 0.1) is 11.3 Å². The standard InChI is InChI=1S/C17H15N5O2S/c1-3-4-13-21-22-16(24-13)11-7-5-10(6-8-11)14-12(9-18)15(23)20-17(19-14)25-2/h5-8H,3-4H2,1-2H3,(H,19,20,23). The van der Waals surface area contributed by atoms with Crippen molar-refractivity contribution in [1.29, 1.82) is 5.26 Å². The quantitative estimate of drug-likeness (QED) is 0.554. The minimum Gasteiger partial charge on any atom is -0.421 e. The third-order valence-electron chi connectivity index (χ3n) is 3.54. The van der Waals surface area contributed by atoms with Crippen LogP contribution in [-0.4, -0.2) is 26.4 Å². The summed E-state index contributed by atoms with van der Waals surface area (Å²) in [4.78, 5) is 18.9. The first-order chi connectivity index (χ1) is 12.2. The summed E-state index contributed by atoms with van der Waals surface area (Å²) >= 11 is 1.31. The summed E-state index contributed by atoms with van der Waals surface area (Å²) < 4.78 is 5.61. The molecule has 126 valence electrons. The molecule has 1 aromatic carbocycles. The minimum atomic E-state index is -0.443. The summed E-state index contributed by atoms with van der Waals surface area (Å²) in [6.45, 7) is 2.04. The van der Waals surface area contributed by atoms with E-state index >= 15 is 0 Å². The van der Waals surface area contributed by atoms with E-state index in [0.29, 0.717) is 28.2 Å². The fourth-order valence-corrected chi connectivity index (χ4v) is 2.70. The maximum absolute atomic E-state index is 12.0. The van der Waals surface area contributed by atoms with Gasteiger partial charge in [-0.2, -0.15) is 5.26 Å². The number of hydrogen-bond acceptors (Lipinski definition) is 7. The van der Waals surface area contributed by atoms with Crippen LogP contribution in [-0.2, 0) is 6.42 Å². The molecule has 0 saturated heterocycles. The number of nitrogens with one attached hydrogen (secondary N) is 1. The van der Waals surface area contributed by atoms with Gasteiger partial charge in [0, 0.05) is 17.5 Å². The SMILES string of the molecule is CCCc1nnc(-c2ccc(-c3nc(SC)[nH]c(=O)c3C#N)cc2)o1. The zero-order valence-electron chi connectivity index (χ0n) is 13.7. The van der Waals surface area contributed by atoms with Gasteiger partial charge in [0.2, 0.25) is 11.8 Å². The summed E-state index contributed by atoms with van der Waals surface area (Å²) in [5.74, 6) is 1.05. The van der Waals surface area contributed by atoms with Crippen LogP contribution < -0.4 is 5.56 Å². The maximum Gasteiger partial charge on any atom is 0.270 e. The molecule has 2 aromatic heterocycles. The van der Waals surface area contributed by atoms with E-state index in [1.807, 2.05) is 13.0 Å². The molecule has 0 unspecified atom stereocenters. The first-order valence-corrected chi connectivity index (χ1v) is 8.90. The Labute approximate surface area is 148 Å². The first kappa shape index (κ1) is 16.9. The van der Waals surface area contributed by atoms with Gasteiger partial charge in [-0.05, 0) is 24.8 Å². The average molecular weight is 353 g/mol. The second-order valence-corrected chi connectivity index (χ2v) is 6.03. The molecule has 3 rings (SSSR count). The predicted molar refractivity (Wildman–Crippen MR) is 94.1 cm³/mol. The normalized spacial score (nSPS) is 10.6. The number of thioether (sulfide) groups is 1. The van der Waals surface area contributed by atoms with Crippen LogP contribution in [0.2, 0.25) is 0 Å². The third-order valence-corrected chi connectivity index (χ3v) is 4.12. The minimum absolute atomic E-state index is 0.00595. The number of aryl methyl sites for hydroxylation is 1. The van der Waals surface area contributed by atoms with Crippen LogP contribution in [0.4, 0.5) is 0 Å². The van der Waals surface area contributed by atoms with Crippen LogP contribution >= 0.6 is 11.8 Å². The van der Waals surface area contributed by atoms with Gasteiger partial charge in [-0.15, -0.1) is 10.2 Å². The van der Waals surface area contributed by atoms with Crippen molar-refractivity contribution in [2.75, 3.05) is 6.26 Å². The highest BCUT2D eigenvalue weighted by molar-refractivity contribution is 7.98. The number of H-pyrrole nitrogens is 1. The van der Waals surface area contributed by atoms with E-state index in [9.17, 15) is 10.1 Å². The molecule has 8 heteroatoms. The number of aromatic amines is 1. The average Bonchev–Trinajstić information content (AvgIpc) is 3.10. The fourth-order valence-electron chi connectivity index (χ4n) is 2.32. The van der Waals surface area contributed by atoms with E-state index in [1.165, 1.54) is 11.8 Å². The molecule has 0 aliphatic carbocycles. The van der Waals surface area contributed by atoms with Crippen molar-refractivity contribution in [1.82, 2.24) is 20.2 Å². The highest BCUT2D eigenvalue weighted by atomic mass is 32.2. The zero-order valence-corrected chi connectivity index (χ0v) is 14.6. The molecule has 0 aliphatic rings. The molecular weight excluding hydrogens is 338 g/mol. The molecule has 1 N–H and O–H groups in total. The molecule has 0 atom stereocenters. The molecule has 0 aliphatic heterocycles. The Balaban J connectivity index is 1.99. The van der Waals surface area contributed by atoms with Crippen molar-refractivity contribution < 1.29 is 4.42 Å². The lowest BCUT2D eigenvalue weighted by Gasteiger charge is -2.05. The number of aromatic nitrogens is 4. The van der Waals surface area contributed by atoms with Gasteiger partial charge in [-0.1, -0.05) is 30.8 Å². The topological polar surface area (TPSA) is 108 Å². The van der Waals surface area contributed by atoms with E-state index in [4.69, 9.17) is 4.42 Å². The van der Waals surface area contributed by atoms with E-state index < -0.39 is 5.56 Å². The van der Waals surface area contributed by atoms with Crippen molar-refractivity contribution in [3.63, 3.8) is 0 Å². The Morgan fingerprint density at radius 1 is 1.24 bits per heavy atom. The Morgan fingerprint density at radius 3 is 2.60 bits per heavy atom. The first-order valence-electron chi connectivity index (χ1n) is 7.67. The lowest BCUT2D eigenvalue weighted by Crippen LogP contribution is -2.14.